The number of carbonyl (C=O) groups is 1. The zero-order valence-electron chi connectivity index (χ0n) is 10.6. The van der Waals surface area contributed by atoms with Gasteiger partial charge in [-0.2, -0.15) is 0 Å². The minimum atomic E-state index is 0.324. The highest BCUT2D eigenvalue weighted by atomic mass is 16.2. The van der Waals surface area contributed by atoms with Crippen LogP contribution in [0.25, 0.3) is 0 Å². The smallest absolute Gasteiger partial charge is 0.222 e. The first-order valence-corrected chi connectivity index (χ1v) is 6.61. The number of rotatable bonds is 4. The third-order valence-electron chi connectivity index (χ3n) is 3.69. The summed E-state index contributed by atoms with van der Waals surface area (Å²) < 4.78 is 0. The Morgan fingerprint density at radius 3 is 2.76 bits per heavy atom. The molecule has 1 aromatic rings. The molecule has 1 heterocycles. The van der Waals surface area contributed by atoms with Crippen molar-refractivity contribution in [3.05, 3.63) is 35.9 Å². The van der Waals surface area contributed by atoms with Crippen LogP contribution >= 0.6 is 0 Å². The summed E-state index contributed by atoms with van der Waals surface area (Å²) in [6.07, 6.45) is 3.91. The summed E-state index contributed by atoms with van der Waals surface area (Å²) in [5.41, 5.74) is 1.26. The van der Waals surface area contributed by atoms with Gasteiger partial charge in [-0.05, 0) is 24.3 Å². The first-order valence-electron chi connectivity index (χ1n) is 6.61. The molecular weight excluding hydrogens is 210 g/mol. The van der Waals surface area contributed by atoms with E-state index >= 15 is 0 Å². The van der Waals surface area contributed by atoms with Crippen molar-refractivity contribution >= 4 is 5.91 Å². The Morgan fingerprint density at radius 2 is 2.12 bits per heavy atom. The van der Waals surface area contributed by atoms with E-state index in [2.05, 4.69) is 19.1 Å². The Kier molecular flexibility index (Phi) is 4.18. The van der Waals surface area contributed by atoms with Gasteiger partial charge in [0.15, 0.2) is 0 Å². The van der Waals surface area contributed by atoms with E-state index in [-0.39, 0.29) is 0 Å². The van der Waals surface area contributed by atoms with Crippen LogP contribution in [0.1, 0.15) is 31.7 Å². The zero-order chi connectivity index (χ0) is 12.1. The van der Waals surface area contributed by atoms with Gasteiger partial charge in [0, 0.05) is 19.5 Å². The second-order valence-corrected chi connectivity index (χ2v) is 4.89. The molecule has 1 atom stereocenters. The highest BCUT2D eigenvalue weighted by molar-refractivity contribution is 5.76. The Hall–Kier alpha value is -1.31. The lowest BCUT2D eigenvalue weighted by atomic mass is 10.1. The maximum atomic E-state index is 12.0. The van der Waals surface area contributed by atoms with Crippen LogP contribution in [0.2, 0.25) is 0 Å². The SMILES string of the molecule is CC[C@H]1CCN(C(=O)CCc2ccccc2)C1. The fourth-order valence-corrected chi connectivity index (χ4v) is 2.45. The van der Waals surface area contributed by atoms with Crippen LogP contribution in [-0.4, -0.2) is 23.9 Å². The third kappa shape index (κ3) is 3.32. The van der Waals surface area contributed by atoms with E-state index in [1.807, 2.05) is 23.1 Å². The fourth-order valence-electron chi connectivity index (χ4n) is 2.45. The quantitative estimate of drug-likeness (QED) is 0.780. The van der Waals surface area contributed by atoms with E-state index in [0.29, 0.717) is 12.3 Å². The van der Waals surface area contributed by atoms with Crippen molar-refractivity contribution in [1.29, 1.82) is 0 Å². The van der Waals surface area contributed by atoms with Crippen molar-refractivity contribution in [3.63, 3.8) is 0 Å². The summed E-state index contributed by atoms with van der Waals surface area (Å²) in [7, 11) is 0. The van der Waals surface area contributed by atoms with Gasteiger partial charge in [-0.25, -0.2) is 0 Å². The van der Waals surface area contributed by atoms with E-state index in [0.717, 1.165) is 25.4 Å². The number of nitrogens with zero attached hydrogens (tertiary/aromatic N) is 1. The maximum Gasteiger partial charge on any atom is 0.222 e. The predicted octanol–water partition coefficient (Wildman–Crippen LogP) is 2.88. The minimum Gasteiger partial charge on any atom is -0.342 e. The highest BCUT2D eigenvalue weighted by Crippen LogP contribution is 2.20. The molecule has 92 valence electrons. The lowest BCUT2D eigenvalue weighted by molar-refractivity contribution is -0.130. The van der Waals surface area contributed by atoms with E-state index in [9.17, 15) is 4.79 Å². The average Bonchev–Trinajstić information content (AvgIpc) is 2.86. The van der Waals surface area contributed by atoms with Crippen molar-refractivity contribution in [2.45, 2.75) is 32.6 Å². The van der Waals surface area contributed by atoms with Crippen LogP contribution in [0.4, 0.5) is 0 Å². The van der Waals surface area contributed by atoms with Crippen molar-refractivity contribution in [2.75, 3.05) is 13.1 Å². The van der Waals surface area contributed by atoms with E-state index < -0.39 is 0 Å². The van der Waals surface area contributed by atoms with Crippen LogP contribution in [0, 0.1) is 5.92 Å². The fraction of sp³-hybridized carbons (Fsp3) is 0.533. The van der Waals surface area contributed by atoms with Crippen LogP contribution < -0.4 is 0 Å². The Bertz CT molecular complexity index is 360. The topological polar surface area (TPSA) is 20.3 Å². The minimum absolute atomic E-state index is 0.324. The molecule has 1 aromatic carbocycles. The van der Waals surface area contributed by atoms with Crippen molar-refractivity contribution in [1.82, 2.24) is 4.90 Å². The standard InChI is InChI=1S/C15H21NO/c1-2-13-10-11-16(12-13)15(17)9-8-14-6-4-3-5-7-14/h3-7,13H,2,8-12H2,1H3/t13-/m0/s1. The van der Waals surface area contributed by atoms with Gasteiger partial charge < -0.3 is 4.90 Å². The van der Waals surface area contributed by atoms with Crippen LogP contribution in [0.5, 0.6) is 0 Å². The first-order chi connectivity index (χ1) is 8.29. The summed E-state index contributed by atoms with van der Waals surface area (Å²) >= 11 is 0. The molecule has 1 amide bonds. The molecule has 1 saturated heterocycles. The Labute approximate surface area is 104 Å². The molecule has 0 radical (unpaired) electrons. The molecule has 1 aliphatic heterocycles. The van der Waals surface area contributed by atoms with Gasteiger partial charge >= 0.3 is 0 Å². The average molecular weight is 231 g/mol. The Morgan fingerprint density at radius 1 is 1.35 bits per heavy atom. The predicted molar refractivity (Wildman–Crippen MR) is 69.7 cm³/mol. The molecule has 17 heavy (non-hydrogen) atoms. The molecule has 0 saturated carbocycles. The lowest BCUT2D eigenvalue weighted by Crippen LogP contribution is -2.28. The summed E-state index contributed by atoms with van der Waals surface area (Å²) in [6.45, 7) is 4.15. The number of aryl methyl sites for hydroxylation is 1. The molecule has 0 spiro atoms. The van der Waals surface area contributed by atoms with Crippen LogP contribution in [-0.2, 0) is 11.2 Å². The number of carbonyl (C=O) groups excluding carboxylic acids is 1. The van der Waals surface area contributed by atoms with Gasteiger partial charge in [0.05, 0.1) is 0 Å². The number of benzene rings is 1. The molecule has 0 N–H and O–H groups in total. The van der Waals surface area contributed by atoms with Crippen LogP contribution in [0.15, 0.2) is 30.3 Å². The summed E-state index contributed by atoms with van der Waals surface area (Å²) in [5, 5.41) is 0. The molecule has 0 unspecified atom stereocenters. The largest absolute Gasteiger partial charge is 0.342 e. The van der Waals surface area contributed by atoms with Crippen LogP contribution in [0.3, 0.4) is 0 Å². The first kappa shape index (κ1) is 12.2. The van der Waals surface area contributed by atoms with Gasteiger partial charge in [0.25, 0.3) is 0 Å². The zero-order valence-corrected chi connectivity index (χ0v) is 10.6. The number of likely N-dealkylation sites (tertiary alicyclic amines) is 1. The summed E-state index contributed by atoms with van der Waals surface area (Å²) in [5.74, 6) is 1.06. The van der Waals surface area contributed by atoms with E-state index in [1.165, 1.54) is 18.4 Å². The normalized spacial score (nSPS) is 19.6. The molecule has 0 bridgehead atoms. The monoisotopic (exact) mass is 231 g/mol. The molecule has 0 aromatic heterocycles. The lowest BCUT2D eigenvalue weighted by Gasteiger charge is -2.16. The molecule has 2 rings (SSSR count). The molecule has 0 aliphatic carbocycles. The molecule has 1 aliphatic rings. The van der Waals surface area contributed by atoms with Gasteiger partial charge in [-0.1, -0.05) is 43.7 Å². The highest BCUT2D eigenvalue weighted by Gasteiger charge is 2.24. The van der Waals surface area contributed by atoms with Crippen molar-refractivity contribution < 1.29 is 4.79 Å². The van der Waals surface area contributed by atoms with Crippen molar-refractivity contribution in [2.24, 2.45) is 5.92 Å². The van der Waals surface area contributed by atoms with Crippen molar-refractivity contribution in [3.8, 4) is 0 Å². The van der Waals surface area contributed by atoms with Gasteiger partial charge in [0.2, 0.25) is 5.91 Å². The van der Waals surface area contributed by atoms with E-state index in [1.54, 1.807) is 0 Å². The molecule has 1 fully saturated rings. The number of amides is 1. The summed E-state index contributed by atoms with van der Waals surface area (Å²) in [4.78, 5) is 14.0. The second kappa shape index (κ2) is 5.85. The maximum absolute atomic E-state index is 12.0. The molecule has 2 heteroatoms. The second-order valence-electron chi connectivity index (χ2n) is 4.89. The number of hydrogen-bond acceptors (Lipinski definition) is 1. The van der Waals surface area contributed by atoms with Gasteiger partial charge in [-0.3, -0.25) is 4.79 Å². The molecule has 2 nitrogen and oxygen atoms in total. The third-order valence-corrected chi connectivity index (χ3v) is 3.69. The number of hydrogen-bond donors (Lipinski definition) is 0. The Balaban J connectivity index is 1.78. The molecular formula is C15H21NO. The van der Waals surface area contributed by atoms with E-state index in [4.69, 9.17) is 0 Å². The summed E-state index contributed by atoms with van der Waals surface area (Å²) in [6, 6.07) is 10.3. The van der Waals surface area contributed by atoms with Gasteiger partial charge in [-0.15, -0.1) is 0 Å². The van der Waals surface area contributed by atoms with Gasteiger partial charge in [0.1, 0.15) is 0 Å².